The Labute approximate surface area is 268 Å². The first-order valence-electron chi connectivity index (χ1n) is 15.6. The van der Waals surface area contributed by atoms with E-state index in [1.165, 1.54) is 4.90 Å². The van der Waals surface area contributed by atoms with Gasteiger partial charge in [-0.3, -0.25) is 14.5 Å². The summed E-state index contributed by atoms with van der Waals surface area (Å²) in [5.74, 6) is -1.11. The number of benzene rings is 2. The Hall–Kier alpha value is -4.18. The lowest BCUT2D eigenvalue weighted by Gasteiger charge is -2.23. The van der Waals surface area contributed by atoms with Crippen molar-refractivity contribution in [2.45, 2.75) is 72.8 Å². The number of ketones is 1. The molecule has 9 nitrogen and oxygen atoms in total. The van der Waals surface area contributed by atoms with Crippen molar-refractivity contribution in [1.29, 1.82) is 0 Å². The van der Waals surface area contributed by atoms with Crippen LogP contribution in [0.3, 0.4) is 0 Å². The molecule has 0 spiro atoms. The topological polar surface area (TPSA) is 115 Å². The van der Waals surface area contributed by atoms with E-state index in [-0.39, 0.29) is 33.9 Å². The summed E-state index contributed by atoms with van der Waals surface area (Å²) in [7, 11) is 0. The fraction of sp³-hybridized carbons (Fsp3) is 0.429. The number of aryl methyl sites for hydroxylation is 1. The van der Waals surface area contributed by atoms with Crippen LogP contribution in [-0.4, -0.2) is 47.6 Å². The lowest BCUT2D eigenvalue weighted by atomic mass is 9.95. The number of carbonyl (C=O) groups is 3. The van der Waals surface area contributed by atoms with Gasteiger partial charge in [0.25, 0.3) is 5.78 Å². The van der Waals surface area contributed by atoms with E-state index in [0.29, 0.717) is 41.5 Å². The average molecular weight is 635 g/mol. The van der Waals surface area contributed by atoms with E-state index in [1.807, 2.05) is 13.8 Å². The van der Waals surface area contributed by atoms with E-state index in [4.69, 9.17) is 14.2 Å². The summed E-state index contributed by atoms with van der Waals surface area (Å²) in [5.41, 5.74) is 1.25. The molecular weight excluding hydrogens is 592 g/mol. The van der Waals surface area contributed by atoms with Gasteiger partial charge in [0.15, 0.2) is 5.13 Å². The summed E-state index contributed by atoms with van der Waals surface area (Å²) in [6.45, 7) is 11.1. The molecule has 2 aromatic carbocycles. The second-order valence-electron chi connectivity index (χ2n) is 11.4. The molecular formula is C35H42N2O7S. The molecule has 3 aromatic rings. The second-order valence-corrected chi connectivity index (χ2v) is 12.4. The summed E-state index contributed by atoms with van der Waals surface area (Å²) in [6.07, 6.45) is 5.01. The first-order chi connectivity index (χ1) is 21.7. The van der Waals surface area contributed by atoms with E-state index >= 15 is 0 Å². The van der Waals surface area contributed by atoms with Crippen molar-refractivity contribution in [2.75, 3.05) is 24.7 Å². The first-order valence-corrected chi connectivity index (χ1v) is 16.4. The molecule has 0 unspecified atom stereocenters. The van der Waals surface area contributed by atoms with Gasteiger partial charge in [-0.2, -0.15) is 0 Å². The zero-order valence-electron chi connectivity index (χ0n) is 26.6. The van der Waals surface area contributed by atoms with Crippen LogP contribution < -0.4 is 14.4 Å². The number of unbranched alkanes of at least 4 members (excludes halogenated alkanes) is 3. The molecule has 0 aliphatic carbocycles. The molecule has 1 aliphatic rings. The van der Waals surface area contributed by atoms with Gasteiger partial charge in [-0.25, -0.2) is 9.78 Å². The van der Waals surface area contributed by atoms with Crippen LogP contribution in [0.15, 0.2) is 54.1 Å². The van der Waals surface area contributed by atoms with E-state index < -0.39 is 23.7 Å². The van der Waals surface area contributed by atoms with Gasteiger partial charge in [-0.15, -0.1) is 0 Å². The molecule has 1 aliphatic heterocycles. The van der Waals surface area contributed by atoms with E-state index in [9.17, 15) is 19.5 Å². The lowest BCUT2D eigenvalue weighted by Crippen LogP contribution is -2.29. The molecule has 240 valence electrons. The van der Waals surface area contributed by atoms with Crippen molar-refractivity contribution in [3.63, 3.8) is 0 Å². The van der Waals surface area contributed by atoms with Crippen molar-refractivity contribution >= 4 is 39.9 Å². The van der Waals surface area contributed by atoms with Crippen LogP contribution in [0.1, 0.15) is 92.3 Å². The van der Waals surface area contributed by atoms with E-state index in [0.717, 1.165) is 43.4 Å². The number of esters is 1. The number of ether oxygens (including phenoxy) is 3. The minimum Gasteiger partial charge on any atom is -0.507 e. The number of rotatable bonds is 15. The molecule has 10 heteroatoms. The highest BCUT2D eigenvalue weighted by Crippen LogP contribution is 2.44. The zero-order chi connectivity index (χ0) is 32.5. The van der Waals surface area contributed by atoms with Crippen LogP contribution in [0.25, 0.3) is 5.76 Å². The lowest BCUT2D eigenvalue weighted by molar-refractivity contribution is -0.132. The summed E-state index contributed by atoms with van der Waals surface area (Å²) in [6, 6.07) is 12.9. The normalized spacial score (nSPS) is 16.0. The quantitative estimate of drug-likeness (QED) is 0.0596. The molecule has 1 fully saturated rings. The van der Waals surface area contributed by atoms with Crippen molar-refractivity contribution in [3.8, 4) is 11.5 Å². The molecule has 2 heterocycles. The largest absolute Gasteiger partial charge is 0.507 e. The SMILES string of the molecule is CCCCCOc1ccc([C@@H]2C(=C(O)c3ccc(OCCCC)cc3)C(=O)C(=O)N2c2nc(C)c(C(=O)OCC(C)C)s2)cc1. The molecule has 0 bridgehead atoms. The highest BCUT2D eigenvalue weighted by molar-refractivity contribution is 7.17. The highest BCUT2D eigenvalue weighted by atomic mass is 32.1. The number of aliphatic hydroxyl groups excluding tert-OH is 1. The number of amides is 1. The summed E-state index contributed by atoms with van der Waals surface area (Å²) in [4.78, 5) is 46.1. The summed E-state index contributed by atoms with van der Waals surface area (Å²) >= 11 is 0.982. The van der Waals surface area contributed by atoms with Crippen LogP contribution in [0, 0.1) is 12.8 Å². The van der Waals surface area contributed by atoms with Gasteiger partial charge in [0.1, 0.15) is 22.1 Å². The Balaban J connectivity index is 1.74. The monoisotopic (exact) mass is 634 g/mol. The van der Waals surface area contributed by atoms with E-state index in [1.54, 1.807) is 55.5 Å². The maximum Gasteiger partial charge on any atom is 0.350 e. The minimum atomic E-state index is -0.996. The third kappa shape index (κ3) is 8.11. The number of aromatic nitrogens is 1. The van der Waals surface area contributed by atoms with Gasteiger partial charge >= 0.3 is 11.9 Å². The molecule has 1 aromatic heterocycles. The number of aliphatic hydroxyl groups is 1. The summed E-state index contributed by atoms with van der Waals surface area (Å²) in [5, 5.41) is 11.7. The van der Waals surface area contributed by atoms with E-state index in [2.05, 4.69) is 18.8 Å². The third-order valence-corrected chi connectivity index (χ3v) is 8.41. The zero-order valence-corrected chi connectivity index (χ0v) is 27.4. The number of Topliss-reactive ketones (excluding diaryl/α,β-unsaturated/α-hetero) is 1. The van der Waals surface area contributed by atoms with Gasteiger partial charge in [0, 0.05) is 5.56 Å². The number of hydrogen-bond acceptors (Lipinski definition) is 9. The number of thiazole rings is 1. The molecule has 1 saturated heterocycles. The molecule has 45 heavy (non-hydrogen) atoms. The number of hydrogen-bond donors (Lipinski definition) is 1. The Morgan fingerprint density at radius 3 is 2.13 bits per heavy atom. The van der Waals surface area contributed by atoms with Crippen LogP contribution in [-0.2, 0) is 14.3 Å². The fourth-order valence-electron chi connectivity index (χ4n) is 4.82. The predicted molar refractivity (Wildman–Crippen MR) is 175 cm³/mol. The molecule has 4 rings (SSSR count). The second kappa shape index (κ2) is 15.7. The van der Waals surface area contributed by atoms with Gasteiger partial charge in [0.05, 0.1) is 37.1 Å². The molecule has 1 amide bonds. The van der Waals surface area contributed by atoms with Crippen LogP contribution >= 0.6 is 11.3 Å². The fourth-order valence-corrected chi connectivity index (χ4v) is 5.80. The average Bonchev–Trinajstić information content (AvgIpc) is 3.54. The standard InChI is InChI=1S/C35H42N2O7S/c1-6-8-10-20-43-26-15-11-24(12-16-26)29-28(30(38)25-13-17-27(18-14-25)42-19-9-7-2)31(39)33(40)37(29)35-36-23(5)32(45-35)34(41)44-21-22(3)4/h11-18,22,29,38H,6-10,19-21H2,1-5H3/t29-/m1/s1. The van der Waals surface area contributed by atoms with Crippen molar-refractivity contribution < 1.29 is 33.7 Å². The van der Waals surface area contributed by atoms with Gasteiger partial charge in [-0.05, 0) is 67.6 Å². The Kier molecular flexibility index (Phi) is 11.8. The Bertz CT molecular complexity index is 1510. The van der Waals surface area contributed by atoms with Gasteiger partial charge in [0.2, 0.25) is 0 Å². The maximum atomic E-state index is 13.6. The van der Waals surface area contributed by atoms with Crippen LogP contribution in [0.5, 0.6) is 11.5 Å². The molecule has 1 atom stereocenters. The third-order valence-electron chi connectivity index (χ3n) is 7.28. The van der Waals surface area contributed by atoms with Crippen molar-refractivity contribution in [2.24, 2.45) is 5.92 Å². The van der Waals surface area contributed by atoms with Crippen LogP contribution in [0.2, 0.25) is 0 Å². The van der Waals surface area contributed by atoms with Crippen LogP contribution in [0.4, 0.5) is 5.13 Å². The predicted octanol–water partition coefficient (Wildman–Crippen LogP) is 7.64. The number of nitrogens with zero attached hydrogens (tertiary/aromatic N) is 2. The molecule has 0 saturated carbocycles. The number of carbonyl (C=O) groups excluding carboxylic acids is 3. The molecule has 0 radical (unpaired) electrons. The first kappa shape index (κ1) is 33.7. The molecule has 1 N–H and O–H groups in total. The van der Waals surface area contributed by atoms with Gasteiger partial charge in [-0.1, -0.05) is 70.4 Å². The number of anilines is 1. The minimum absolute atomic E-state index is 0.0759. The highest BCUT2D eigenvalue weighted by Gasteiger charge is 2.48. The van der Waals surface area contributed by atoms with Crippen molar-refractivity contribution in [1.82, 2.24) is 4.98 Å². The smallest absolute Gasteiger partial charge is 0.350 e. The maximum absolute atomic E-state index is 13.6. The van der Waals surface area contributed by atoms with Gasteiger partial charge < -0.3 is 19.3 Å². The van der Waals surface area contributed by atoms with Crippen molar-refractivity contribution in [3.05, 3.63) is 75.8 Å². The Morgan fingerprint density at radius 2 is 1.53 bits per heavy atom. The Morgan fingerprint density at radius 1 is 0.933 bits per heavy atom. The summed E-state index contributed by atoms with van der Waals surface area (Å²) < 4.78 is 17.0.